The molecule has 0 saturated heterocycles. The fraction of sp³-hybridized carbons (Fsp3) is 0. The number of benzene rings is 7. The van der Waals surface area contributed by atoms with Crippen molar-refractivity contribution < 1.29 is 39.0 Å². The lowest BCUT2D eigenvalue weighted by atomic mass is 9.82. The molecule has 0 saturated carbocycles. The number of carboxylic acids is 2. The topological polar surface area (TPSA) is 149 Å². The third-order valence-corrected chi connectivity index (χ3v) is 9.39. The molecule has 0 radical (unpaired) electrons. The Bertz CT molecular complexity index is 2420. The van der Waals surface area contributed by atoms with Crippen molar-refractivity contribution in [2.24, 2.45) is 0 Å². The number of anilines is 2. The lowest BCUT2D eigenvalue weighted by Crippen LogP contribution is -2.41. The summed E-state index contributed by atoms with van der Waals surface area (Å²) < 4.78 is 0. The maximum atomic E-state index is 14.0. The van der Waals surface area contributed by atoms with E-state index in [1.807, 2.05) is 0 Å². The molecule has 2 heterocycles. The SMILES string of the molecule is O=C(O)c1ccccc1N1C(=O)c2ccc3c4ccc5c6c(ccc(c7ccc(c2c37)C1=O)c64)C(=O)N(c1ccccc1C(=O)O)C5=O. The Morgan fingerprint density at radius 3 is 0.979 bits per heavy atom. The number of aromatic carboxylic acids is 2. The summed E-state index contributed by atoms with van der Waals surface area (Å²) in [5.41, 5.74) is 0.508. The van der Waals surface area contributed by atoms with E-state index in [0.717, 1.165) is 9.80 Å². The molecule has 48 heavy (non-hydrogen) atoms. The van der Waals surface area contributed by atoms with Gasteiger partial charge in [0.05, 0.1) is 22.5 Å². The first kappa shape index (κ1) is 27.4. The van der Waals surface area contributed by atoms with Crippen LogP contribution in [0.5, 0.6) is 0 Å². The monoisotopic (exact) mass is 630 g/mol. The molecule has 2 aliphatic heterocycles. The van der Waals surface area contributed by atoms with Gasteiger partial charge in [0.2, 0.25) is 0 Å². The molecule has 0 aromatic heterocycles. The van der Waals surface area contributed by atoms with Gasteiger partial charge >= 0.3 is 11.9 Å². The summed E-state index contributed by atoms with van der Waals surface area (Å²) in [7, 11) is 0. The number of carbonyl (C=O) groups is 6. The van der Waals surface area contributed by atoms with Gasteiger partial charge in [-0.05, 0) is 80.8 Å². The van der Waals surface area contributed by atoms with E-state index in [1.165, 1.54) is 36.4 Å². The molecule has 4 amide bonds. The smallest absolute Gasteiger partial charge is 0.337 e. The van der Waals surface area contributed by atoms with E-state index >= 15 is 0 Å². The molecule has 228 valence electrons. The van der Waals surface area contributed by atoms with Gasteiger partial charge in [-0.1, -0.05) is 48.5 Å². The first-order valence-corrected chi connectivity index (χ1v) is 14.8. The van der Waals surface area contributed by atoms with Crippen molar-refractivity contribution in [3.05, 3.63) is 130 Å². The molecule has 0 bridgehead atoms. The highest BCUT2D eigenvalue weighted by molar-refractivity contribution is 6.45. The number of carbonyl (C=O) groups excluding carboxylic acids is 4. The van der Waals surface area contributed by atoms with Crippen molar-refractivity contribution in [3.8, 4) is 0 Å². The summed E-state index contributed by atoms with van der Waals surface area (Å²) in [6, 6.07) is 25.2. The zero-order chi connectivity index (χ0) is 33.2. The normalized spacial score (nSPS) is 14.2. The number of nitrogens with zero attached hydrogens (tertiary/aromatic N) is 2. The summed E-state index contributed by atoms with van der Waals surface area (Å²) >= 11 is 0. The van der Waals surface area contributed by atoms with Crippen molar-refractivity contribution in [2.75, 3.05) is 9.80 Å². The van der Waals surface area contributed by atoms with Crippen molar-refractivity contribution >= 4 is 90.0 Å². The van der Waals surface area contributed by atoms with Crippen molar-refractivity contribution in [3.63, 3.8) is 0 Å². The van der Waals surface area contributed by atoms with Crippen LogP contribution in [0.15, 0.2) is 97.1 Å². The highest BCUT2D eigenvalue weighted by Crippen LogP contribution is 2.47. The van der Waals surface area contributed by atoms with Crippen LogP contribution in [0, 0.1) is 0 Å². The van der Waals surface area contributed by atoms with Gasteiger partial charge in [-0.3, -0.25) is 19.2 Å². The summed E-state index contributed by atoms with van der Waals surface area (Å²) in [5, 5.41) is 24.5. The molecule has 9 rings (SSSR count). The number of imide groups is 2. The number of amides is 4. The van der Waals surface area contributed by atoms with Crippen LogP contribution in [0.2, 0.25) is 0 Å². The third-order valence-electron chi connectivity index (χ3n) is 9.39. The minimum absolute atomic E-state index is 0.0296. The van der Waals surface area contributed by atoms with Crippen molar-refractivity contribution in [1.29, 1.82) is 0 Å². The predicted octanol–water partition coefficient (Wildman–Crippen LogP) is 6.73. The molecular formula is C38H18N2O8. The van der Waals surface area contributed by atoms with E-state index in [0.29, 0.717) is 43.1 Å². The third kappa shape index (κ3) is 3.29. The molecule has 0 unspecified atom stereocenters. The lowest BCUT2D eigenvalue weighted by Gasteiger charge is -2.30. The Morgan fingerprint density at radius 1 is 0.396 bits per heavy atom. The average molecular weight is 631 g/mol. The number of fused-ring (bicyclic) bond motifs is 2. The Kier molecular flexibility index (Phi) is 5.31. The second-order valence-corrected chi connectivity index (χ2v) is 11.7. The van der Waals surface area contributed by atoms with E-state index in [-0.39, 0.29) is 44.8 Å². The zero-order valence-electron chi connectivity index (χ0n) is 24.5. The number of para-hydroxylation sites is 2. The fourth-order valence-corrected chi connectivity index (χ4v) is 7.40. The van der Waals surface area contributed by atoms with Crippen LogP contribution in [0.25, 0.3) is 43.1 Å². The molecule has 0 atom stereocenters. The van der Waals surface area contributed by atoms with E-state index in [4.69, 9.17) is 0 Å². The Balaban J connectivity index is 1.30. The zero-order valence-corrected chi connectivity index (χ0v) is 24.5. The molecular weight excluding hydrogens is 612 g/mol. The standard InChI is InChI=1S/C38H18N2O8/c41-33-23-13-9-17-19-11-15-25-32-26(36(44)40(35(25)43)28-8-4-2-6-22(28)38(47)48)16-12-20(30(19)32)18-10-14-24(31(23)29(17)18)34(42)39(33)27-7-3-1-5-21(27)37(45)46/h1-16H,(H,45,46)(H,47,48). The molecule has 7 aromatic rings. The van der Waals surface area contributed by atoms with Gasteiger partial charge in [-0.2, -0.15) is 0 Å². The molecule has 0 spiro atoms. The van der Waals surface area contributed by atoms with E-state index in [9.17, 15) is 39.0 Å². The van der Waals surface area contributed by atoms with Crippen LogP contribution in [-0.4, -0.2) is 45.8 Å². The van der Waals surface area contributed by atoms with Crippen LogP contribution in [0.4, 0.5) is 11.4 Å². The van der Waals surface area contributed by atoms with Crippen LogP contribution in [0.1, 0.15) is 62.1 Å². The van der Waals surface area contributed by atoms with Crippen LogP contribution >= 0.6 is 0 Å². The van der Waals surface area contributed by atoms with Gasteiger partial charge in [0.25, 0.3) is 23.6 Å². The number of rotatable bonds is 4. The second-order valence-electron chi connectivity index (χ2n) is 11.7. The van der Waals surface area contributed by atoms with Gasteiger partial charge < -0.3 is 10.2 Å². The van der Waals surface area contributed by atoms with Crippen LogP contribution in [-0.2, 0) is 0 Å². The van der Waals surface area contributed by atoms with E-state index < -0.39 is 35.6 Å². The highest BCUT2D eigenvalue weighted by Gasteiger charge is 2.39. The van der Waals surface area contributed by atoms with Crippen molar-refractivity contribution in [1.82, 2.24) is 0 Å². The molecule has 0 fully saturated rings. The van der Waals surface area contributed by atoms with Gasteiger partial charge in [0, 0.05) is 33.0 Å². The molecule has 7 aromatic carbocycles. The fourth-order valence-electron chi connectivity index (χ4n) is 7.40. The molecule has 10 nitrogen and oxygen atoms in total. The summed E-state index contributed by atoms with van der Waals surface area (Å²) in [5.74, 6) is -5.16. The summed E-state index contributed by atoms with van der Waals surface area (Å²) in [6.45, 7) is 0. The van der Waals surface area contributed by atoms with E-state index in [1.54, 1.807) is 60.7 Å². The Hall–Kier alpha value is -6.94. The van der Waals surface area contributed by atoms with Crippen molar-refractivity contribution in [2.45, 2.75) is 0 Å². The maximum absolute atomic E-state index is 14.0. The molecule has 2 aliphatic rings. The Labute approximate surface area is 269 Å². The van der Waals surface area contributed by atoms with Gasteiger partial charge in [0.15, 0.2) is 0 Å². The lowest BCUT2D eigenvalue weighted by molar-refractivity contribution is 0.0685. The summed E-state index contributed by atoms with van der Waals surface area (Å²) in [6.07, 6.45) is 0. The second kappa shape index (κ2) is 9.30. The summed E-state index contributed by atoms with van der Waals surface area (Å²) in [4.78, 5) is 81.7. The molecule has 10 heteroatoms. The first-order chi connectivity index (χ1) is 23.2. The number of carboxylic acid groups (broad SMARTS) is 2. The average Bonchev–Trinajstić information content (AvgIpc) is 3.09. The number of hydrogen-bond acceptors (Lipinski definition) is 6. The van der Waals surface area contributed by atoms with Gasteiger partial charge in [-0.15, -0.1) is 0 Å². The maximum Gasteiger partial charge on any atom is 0.337 e. The van der Waals surface area contributed by atoms with Gasteiger partial charge in [0.1, 0.15) is 0 Å². The van der Waals surface area contributed by atoms with Crippen LogP contribution < -0.4 is 9.80 Å². The van der Waals surface area contributed by atoms with Gasteiger partial charge in [-0.25, -0.2) is 19.4 Å². The van der Waals surface area contributed by atoms with Crippen LogP contribution in [0.3, 0.4) is 0 Å². The predicted molar refractivity (Wildman–Crippen MR) is 177 cm³/mol. The minimum atomic E-state index is -1.27. The Morgan fingerprint density at radius 2 is 0.688 bits per heavy atom. The largest absolute Gasteiger partial charge is 0.478 e. The molecule has 2 N–H and O–H groups in total. The number of hydrogen-bond donors (Lipinski definition) is 2. The highest BCUT2D eigenvalue weighted by atomic mass is 16.4. The first-order valence-electron chi connectivity index (χ1n) is 14.8. The molecule has 0 aliphatic carbocycles. The minimum Gasteiger partial charge on any atom is -0.478 e. The van der Waals surface area contributed by atoms with E-state index in [2.05, 4.69) is 0 Å². The quantitative estimate of drug-likeness (QED) is 0.123.